The first kappa shape index (κ1) is 32.7. The van der Waals surface area contributed by atoms with E-state index in [1.165, 1.54) is 13.1 Å². The molecule has 0 spiro atoms. The van der Waals surface area contributed by atoms with Crippen LogP contribution in [0.3, 0.4) is 0 Å². The smallest absolute Gasteiger partial charge is 0.407 e. The number of amides is 2. The number of nitrogens with one attached hydrogen (secondary N) is 2. The highest BCUT2D eigenvalue weighted by Crippen LogP contribution is 2.43. The summed E-state index contributed by atoms with van der Waals surface area (Å²) < 4.78 is 54.7. The van der Waals surface area contributed by atoms with Gasteiger partial charge in [0.2, 0.25) is 0 Å². The lowest BCUT2D eigenvalue weighted by Crippen LogP contribution is -2.51. The van der Waals surface area contributed by atoms with Crippen LogP contribution in [0.4, 0.5) is 29.3 Å². The molecule has 1 aromatic carbocycles. The molecular formula is C33H36F3N5O5. The lowest BCUT2D eigenvalue weighted by atomic mass is 9.94. The van der Waals surface area contributed by atoms with Gasteiger partial charge in [-0.05, 0) is 70.2 Å². The lowest BCUT2D eigenvalue weighted by Gasteiger charge is -2.40. The molecule has 46 heavy (non-hydrogen) atoms. The first-order valence-electron chi connectivity index (χ1n) is 15.1. The Labute approximate surface area is 264 Å². The Bertz CT molecular complexity index is 1660. The lowest BCUT2D eigenvalue weighted by molar-refractivity contribution is -0.146. The summed E-state index contributed by atoms with van der Waals surface area (Å²) in [6.45, 7) is 9.67. The van der Waals surface area contributed by atoms with Gasteiger partial charge in [0.05, 0.1) is 28.8 Å². The van der Waals surface area contributed by atoms with E-state index in [9.17, 15) is 27.6 Å². The number of alkyl carbamates (subject to hydrolysis) is 1. The molecule has 0 saturated carbocycles. The largest absolute Gasteiger partial charge is 0.456 e. The summed E-state index contributed by atoms with van der Waals surface area (Å²) in [5.74, 6) is -4.12. The van der Waals surface area contributed by atoms with Crippen molar-refractivity contribution in [1.82, 2.24) is 15.3 Å². The summed E-state index contributed by atoms with van der Waals surface area (Å²) in [4.78, 5) is 48.5. The number of carbonyl (C=O) groups is 3. The zero-order chi connectivity index (χ0) is 33.3. The van der Waals surface area contributed by atoms with E-state index in [-0.39, 0.29) is 17.7 Å². The fraction of sp³-hybridized carbons (Fsp3) is 0.424. The van der Waals surface area contributed by atoms with Crippen molar-refractivity contribution in [1.29, 1.82) is 0 Å². The minimum atomic E-state index is -1.02. The molecule has 0 bridgehead atoms. The third-order valence-electron chi connectivity index (χ3n) is 7.68. The maximum Gasteiger partial charge on any atom is 0.407 e. The summed E-state index contributed by atoms with van der Waals surface area (Å²) in [5, 5.41) is 5.75. The number of pyridine rings is 2. The molecule has 5 rings (SSSR count). The van der Waals surface area contributed by atoms with Crippen LogP contribution >= 0.6 is 0 Å². The van der Waals surface area contributed by atoms with Crippen molar-refractivity contribution in [2.75, 3.05) is 23.3 Å². The fourth-order valence-corrected chi connectivity index (χ4v) is 6.03. The second-order valence-corrected chi connectivity index (χ2v) is 12.7. The molecule has 1 saturated heterocycles. The molecule has 3 atom stereocenters. The first-order chi connectivity index (χ1) is 21.7. The number of benzene rings is 1. The molecule has 2 aromatic heterocycles. The number of aromatic nitrogens is 2. The van der Waals surface area contributed by atoms with E-state index in [2.05, 4.69) is 20.6 Å². The molecule has 2 N–H and O–H groups in total. The fourth-order valence-electron chi connectivity index (χ4n) is 6.03. The predicted molar refractivity (Wildman–Crippen MR) is 164 cm³/mol. The normalized spacial score (nSPS) is 19.3. The molecule has 13 heteroatoms. The van der Waals surface area contributed by atoms with Crippen LogP contribution in [-0.4, -0.2) is 52.7 Å². The van der Waals surface area contributed by atoms with Crippen LogP contribution in [-0.2, 0) is 20.7 Å². The van der Waals surface area contributed by atoms with Crippen molar-refractivity contribution in [2.45, 2.75) is 71.6 Å². The third-order valence-corrected chi connectivity index (χ3v) is 7.68. The van der Waals surface area contributed by atoms with Gasteiger partial charge in [-0.15, -0.1) is 0 Å². The van der Waals surface area contributed by atoms with E-state index in [1.54, 1.807) is 20.8 Å². The number of hydrogen-bond acceptors (Lipinski definition) is 8. The molecule has 2 aliphatic rings. The third kappa shape index (κ3) is 7.24. The summed E-state index contributed by atoms with van der Waals surface area (Å²) in [6.07, 6.45) is 2.03. The number of anilines is 2. The number of rotatable bonds is 6. The van der Waals surface area contributed by atoms with Gasteiger partial charge in [0, 0.05) is 31.6 Å². The van der Waals surface area contributed by atoms with E-state index in [0.29, 0.717) is 49.4 Å². The van der Waals surface area contributed by atoms with Gasteiger partial charge in [0.25, 0.3) is 5.91 Å². The Kier molecular flexibility index (Phi) is 9.22. The highest BCUT2D eigenvalue weighted by atomic mass is 19.1. The molecule has 2 amide bonds. The summed E-state index contributed by atoms with van der Waals surface area (Å²) >= 11 is 0. The van der Waals surface area contributed by atoms with Crippen LogP contribution in [0.25, 0.3) is 11.3 Å². The molecule has 1 fully saturated rings. The number of hydrogen-bond donors (Lipinski definition) is 2. The minimum Gasteiger partial charge on any atom is -0.456 e. The number of nitrogens with zero attached hydrogens (tertiary/aromatic N) is 3. The van der Waals surface area contributed by atoms with E-state index >= 15 is 0 Å². The zero-order valence-electron chi connectivity index (χ0n) is 26.2. The quantitative estimate of drug-likeness (QED) is 0.310. The molecule has 1 aliphatic heterocycles. The van der Waals surface area contributed by atoms with Crippen LogP contribution < -0.4 is 15.5 Å². The zero-order valence-corrected chi connectivity index (χ0v) is 26.2. The monoisotopic (exact) mass is 639 g/mol. The number of fused-ring (bicyclic) bond motifs is 1. The van der Waals surface area contributed by atoms with Gasteiger partial charge in [0.15, 0.2) is 0 Å². The molecule has 10 nitrogen and oxygen atoms in total. The van der Waals surface area contributed by atoms with Crippen LogP contribution in [0.15, 0.2) is 36.5 Å². The molecule has 3 heterocycles. The number of esters is 1. The summed E-state index contributed by atoms with van der Waals surface area (Å²) in [5.41, 5.74) is 0.00829. The van der Waals surface area contributed by atoms with Gasteiger partial charge in [-0.1, -0.05) is 13.0 Å². The number of halogens is 3. The maximum absolute atomic E-state index is 14.7. The Hall–Kier alpha value is -4.68. The second kappa shape index (κ2) is 13.0. The van der Waals surface area contributed by atoms with Crippen molar-refractivity contribution < 1.29 is 37.0 Å². The average Bonchev–Trinajstić information content (AvgIpc) is 3.34. The van der Waals surface area contributed by atoms with Crippen LogP contribution in [0.2, 0.25) is 0 Å². The Balaban J connectivity index is 1.50. The van der Waals surface area contributed by atoms with Gasteiger partial charge < -0.3 is 25.0 Å². The highest BCUT2D eigenvalue weighted by molar-refractivity contribution is 6.05. The molecular weight excluding hydrogens is 603 g/mol. The number of piperidine rings is 1. The van der Waals surface area contributed by atoms with E-state index in [4.69, 9.17) is 9.47 Å². The van der Waals surface area contributed by atoms with Crippen molar-refractivity contribution >= 4 is 29.3 Å². The highest BCUT2D eigenvalue weighted by Gasteiger charge is 2.36. The van der Waals surface area contributed by atoms with Crippen molar-refractivity contribution in [3.8, 4) is 11.3 Å². The van der Waals surface area contributed by atoms with Crippen LogP contribution in [0.1, 0.15) is 75.3 Å². The standard InChI is InChI=1S/C33H36F3N5O5/c1-17-13-19(38-32(44)46-33(3,4)5)16-41(15-17)30-20-9-12-26(45-18(2)42)28(20)37-14-25(30)40-31(43)24-11-10-23(36)29(39-24)27-21(34)7-6-8-22(27)35/h6-8,10-11,14,17,19,26H,9,12-13,15-16H2,1-5H3,(H,38,44)(H,40,43)/t17-,19+,26?/m1/s1. The van der Waals surface area contributed by atoms with E-state index in [0.717, 1.165) is 35.9 Å². The summed E-state index contributed by atoms with van der Waals surface area (Å²) in [7, 11) is 0. The van der Waals surface area contributed by atoms with Gasteiger partial charge in [0.1, 0.15) is 40.5 Å². The number of ether oxygens (including phenoxy) is 2. The average molecular weight is 640 g/mol. The minimum absolute atomic E-state index is 0.128. The van der Waals surface area contributed by atoms with Gasteiger partial charge in [-0.25, -0.2) is 22.9 Å². The Morgan fingerprint density at radius 2 is 1.74 bits per heavy atom. The SMILES string of the molecule is CC(=O)OC1CCc2c1ncc(NC(=O)c1ccc(F)c(-c3c(F)cccc3F)n1)c2N1C[C@H](C)C[C@H](NC(=O)OC(C)(C)C)C1. The Morgan fingerprint density at radius 3 is 2.41 bits per heavy atom. The molecule has 1 aliphatic carbocycles. The topological polar surface area (TPSA) is 123 Å². The molecule has 244 valence electrons. The van der Waals surface area contributed by atoms with Crippen LogP contribution in [0.5, 0.6) is 0 Å². The Morgan fingerprint density at radius 1 is 1.02 bits per heavy atom. The van der Waals surface area contributed by atoms with Gasteiger partial charge in [-0.2, -0.15) is 0 Å². The number of carbonyl (C=O) groups excluding carboxylic acids is 3. The second-order valence-electron chi connectivity index (χ2n) is 12.7. The maximum atomic E-state index is 14.7. The molecule has 1 unspecified atom stereocenters. The van der Waals surface area contributed by atoms with Gasteiger partial charge in [-0.3, -0.25) is 14.6 Å². The van der Waals surface area contributed by atoms with Crippen LogP contribution in [0, 0.1) is 23.4 Å². The predicted octanol–water partition coefficient (Wildman–Crippen LogP) is 6.10. The van der Waals surface area contributed by atoms with Gasteiger partial charge >= 0.3 is 12.1 Å². The van der Waals surface area contributed by atoms with Crippen molar-refractivity contribution in [3.05, 3.63) is 70.9 Å². The molecule has 0 radical (unpaired) electrons. The first-order valence-corrected chi connectivity index (χ1v) is 15.1. The van der Waals surface area contributed by atoms with Crippen molar-refractivity contribution in [3.63, 3.8) is 0 Å². The molecule has 3 aromatic rings. The summed E-state index contributed by atoms with van der Waals surface area (Å²) in [6, 6.07) is 4.85. The van der Waals surface area contributed by atoms with E-state index < -0.39 is 58.4 Å². The van der Waals surface area contributed by atoms with E-state index in [1.807, 2.05) is 11.8 Å². The van der Waals surface area contributed by atoms with Crippen molar-refractivity contribution in [2.24, 2.45) is 5.92 Å².